The molecule has 7 nitrogen and oxygen atoms in total. The van der Waals surface area contributed by atoms with Gasteiger partial charge in [-0.05, 0) is 50.1 Å². The highest BCUT2D eigenvalue weighted by Crippen LogP contribution is 2.35. The number of carbonyl (C=O) groups excluding carboxylic acids is 1. The molecule has 4 N–H and O–H groups in total. The van der Waals surface area contributed by atoms with E-state index in [2.05, 4.69) is 21.4 Å². The van der Waals surface area contributed by atoms with E-state index in [-0.39, 0.29) is 11.9 Å². The Morgan fingerprint density at radius 2 is 1.88 bits per heavy atom. The number of piperidine rings is 1. The topological polar surface area (TPSA) is 99.9 Å². The third-order valence-electron chi connectivity index (χ3n) is 6.15. The lowest BCUT2D eigenvalue weighted by Gasteiger charge is -2.32. The standard InChI is InChI=1S/C25H25ClN6O/c1-15-22(19-4-2-3-5-21(19)29-15)23-20(26)14-28-25(31-23)30-18-10-12-32(13-11-18)24(33)16-6-8-17(27)9-7-16/h2-9,14,18,29H,10-13,27H2,1H3,(H,28,30,31). The maximum absolute atomic E-state index is 12.8. The quantitative estimate of drug-likeness (QED) is 0.377. The molecule has 8 heteroatoms. The summed E-state index contributed by atoms with van der Waals surface area (Å²) < 4.78 is 0. The molecule has 0 bridgehead atoms. The zero-order valence-corrected chi connectivity index (χ0v) is 19.1. The Morgan fingerprint density at radius 1 is 1.15 bits per heavy atom. The molecule has 1 fully saturated rings. The molecule has 33 heavy (non-hydrogen) atoms. The molecule has 0 aliphatic carbocycles. The van der Waals surface area contributed by atoms with Crippen LogP contribution in [0.2, 0.25) is 5.02 Å². The number of anilines is 2. The van der Waals surface area contributed by atoms with Crippen LogP contribution in [0.25, 0.3) is 22.2 Å². The molecular formula is C25H25ClN6O. The highest BCUT2D eigenvalue weighted by Gasteiger charge is 2.24. The Hall–Kier alpha value is -3.58. The number of aromatic amines is 1. The van der Waals surface area contributed by atoms with Crippen LogP contribution in [-0.2, 0) is 0 Å². The van der Waals surface area contributed by atoms with E-state index >= 15 is 0 Å². The number of halogens is 1. The molecule has 5 rings (SSSR count). The second-order valence-corrected chi connectivity index (χ2v) is 8.80. The third-order valence-corrected chi connectivity index (χ3v) is 6.42. The molecule has 0 radical (unpaired) electrons. The van der Waals surface area contributed by atoms with Gasteiger partial charge >= 0.3 is 0 Å². The van der Waals surface area contributed by atoms with Crippen molar-refractivity contribution in [3.05, 3.63) is 71.0 Å². The number of hydrogen-bond acceptors (Lipinski definition) is 5. The first-order chi connectivity index (χ1) is 16.0. The first-order valence-electron chi connectivity index (χ1n) is 11.0. The number of amides is 1. The van der Waals surface area contributed by atoms with Crippen molar-refractivity contribution >= 4 is 40.0 Å². The lowest BCUT2D eigenvalue weighted by Crippen LogP contribution is -2.42. The van der Waals surface area contributed by atoms with Crippen LogP contribution >= 0.6 is 11.6 Å². The minimum atomic E-state index is 0.0355. The SMILES string of the molecule is Cc1[nH]c2ccccc2c1-c1nc(NC2CCN(C(=O)c3ccc(N)cc3)CC2)ncc1Cl. The number of aromatic nitrogens is 3. The van der Waals surface area contributed by atoms with Crippen molar-refractivity contribution in [2.24, 2.45) is 0 Å². The third kappa shape index (κ3) is 4.24. The van der Waals surface area contributed by atoms with Crippen LogP contribution in [0.5, 0.6) is 0 Å². The second kappa shape index (κ2) is 8.75. The lowest BCUT2D eigenvalue weighted by molar-refractivity contribution is 0.0718. The highest BCUT2D eigenvalue weighted by atomic mass is 35.5. The van der Waals surface area contributed by atoms with E-state index in [1.165, 1.54) is 0 Å². The predicted octanol–water partition coefficient (Wildman–Crippen LogP) is 4.89. The molecule has 1 saturated heterocycles. The summed E-state index contributed by atoms with van der Waals surface area (Å²) in [5.41, 5.74) is 10.8. The minimum Gasteiger partial charge on any atom is -0.399 e. The monoisotopic (exact) mass is 460 g/mol. The summed E-state index contributed by atoms with van der Waals surface area (Å²) in [6.45, 7) is 3.36. The summed E-state index contributed by atoms with van der Waals surface area (Å²) >= 11 is 6.51. The van der Waals surface area contributed by atoms with E-state index in [1.807, 2.05) is 30.0 Å². The van der Waals surface area contributed by atoms with Crippen molar-refractivity contribution in [1.29, 1.82) is 0 Å². The summed E-state index contributed by atoms with van der Waals surface area (Å²) in [6.07, 6.45) is 3.27. The first-order valence-corrected chi connectivity index (χ1v) is 11.4. The van der Waals surface area contributed by atoms with E-state index in [1.54, 1.807) is 30.5 Å². The molecule has 1 aliphatic heterocycles. The summed E-state index contributed by atoms with van der Waals surface area (Å²) in [5.74, 6) is 0.579. The molecule has 0 saturated carbocycles. The van der Waals surface area contributed by atoms with Crippen molar-refractivity contribution in [2.45, 2.75) is 25.8 Å². The molecule has 168 valence electrons. The Bertz CT molecular complexity index is 1310. The molecule has 3 heterocycles. The molecule has 0 unspecified atom stereocenters. The van der Waals surface area contributed by atoms with Gasteiger partial charge in [0.2, 0.25) is 5.95 Å². The number of rotatable bonds is 4. The number of likely N-dealkylation sites (tertiary alicyclic amines) is 1. The van der Waals surface area contributed by atoms with Crippen molar-refractivity contribution in [1.82, 2.24) is 19.9 Å². The Morgan fingerprint density at radius 3 is 2.64 bits per heavy atom. The van der Waals surface area contributed by atoms with Gasteiger partial charge in [0.15, 0.2) is 0 Å². The maximum Gasteiger partial charge on any atom is 0.253 e. The predicted molar refractivity (Wildman–Crippen MR) is 132 cm³/mol. The molecule has 1 amide bonds. The highest BCUT2D eigenvalue weighted by molar-refractivity contribution is 6.33. The molecule has 4 aromatic rings. The lowest BCUT2D eigenvalue weighted by atomic mass is 10.0. The number of nitrogens with one attached hydrogen (secondary N) is 2. The number of aryl methyl sites for hydroxylation is 1. The van der Waals surface area contributed by atoms with Crippen molar-refractivity contribution in [2.75, 3.05) is 24.1 Å². The van der Waals surface area contributed by atoms with Gasteiger partial charge in [0.25, 0.3) is 5.91 Å². The fourth-order valence-electron chi connectivity index (χ4n) is 4.41. The largest absolute Gasteiger partial charge is 0.399 e. The fraction of sp³-hybridized carbons (Fsp3) is 0.240. The van der Waals surface area contributed by atoms with Gasteiger partial charge in [-0.15, -0.1) is 0 Å². The van der Waals surface area contributed by atoms with E-state index in [0.717, 1.165) is 35.0 Å². The number of para-hydroxylation sites is 1. The molecule has 2 aromatic carbocycles. The normalized spacial score (nSPS) is 14.5. The Labute approximate surface area is 197 Å². The smallest absolute Gasteiger partial charge is 0.253 e. The van der Waals surface area contributed by atoms with Gasteiger partial charge in [-0.25, -0.2) is 9.97 Å². The average molecular weight is 461 g/mol. The maximum atomic E-state index is 12.8. The van der Waals surface area contributed by atoms with E-state index < -0.39 is 0 Å². The molecule has 2 aromatic heterocycles. The van der Waals surface area contributed by atoms with Crippen molar-refractivity contribution in [3.63, 3.8) is 0 Å². The number of benzene rings is 2. The van der Waals surface area contributed by atoms with Crippen LogP contribution in [0.15, 0.2) is 54.7 Å². The van der Waals surface area contributed by atoms with E-state index in [4.69, 9.17) is 22.3 Å². The van der Waals surface area contributed by atoms with Gasteiger partial charge in [0.05, 0.1) is 16.9 Å². The second-order valence-electron chi connectivity index (χ2n) is 8.39. The van der Waals surface area contributed by atoms with Crippen LogP contribution in [0.4, 0.5) is 11.6 Å². The number of fused-ring (bicyclic) bond motifs is 1. The summed E-state index contributed by atoms with van der Waals surface area (Å²) in [4.78, 5) is 27.2. The number of nitrogens with zero attached hydrogens (tertiary/aromatic N) is 3. The van der Waals surface area contributed by atoms with Gasteiger partial charge in [-0.3, -0.25) is 4.79 Å². The summed E-state index contributed by atoms with van der Waals surface area (Å²) in [6, 6.07) is 15.4. The zero-order valence-electron chi connectivity index (χ0n) is 18.3. The first kappa shape index (κ1) is 21.3. The van der Waals surface area contributed by atoms with Crippen LogP contribution in [0.3, 0.4) is 0 Å². The van der Waals surface area contributed by atoms with Crippen LogP contribution in [-0.4, -0.2) is 44.9 Å². The van der Waals surface area contributed by atoms with Gasteiger partial charge in [-0.2, -0.15) is 0 Å². The number of H-pyrrole nitrogens is 1. The van der Waals surface area contributed by atoms with Crippen LogP contribution in [0, 0.1) is 6.92 Å². The van der Waals surface area contributed by atoms with E-state index in [0.29, 0.717) is 41.0 Å². The molecule has 0 atom stereocenters. The van der Waals surface area contributed by atoms with Gasteiger partial charge < -0.3 is 20.9 Å². The minimum absolute atomic E-state index is 0.0355. The fourth-order valence-corrected chi connectivity index (χ4v) is 4.60. The number of carbonyl (C=O) groups is 1. The average Bonchev–Trinajstić information content (AvgIpc) is 3.16. The number of nitrogens with two attached hydrogens (primary N) is 1. The van der Waals surface area contributed by atoms with E-state index in [9.17, 15) is 4.79 Å². The van der Waals surface area contributed by atoms with Gasteiger partial charge in [-0.1, -0.05) is 29.8 Å². The molecular weight excluding hydrogens is 436 g/mol. The molecule has 1 aliphatic rings. The number of nitrogen functional groups attached to an aromatic ring is 1. The van der Waals surface area contributed by atoms with Crippen LogP contribution < -0.4 is 11.1 Å². The van der Waals surface area contributed by atoms with Crippen molar-refractivity contribution < 1.29 is 4.79 Å². The Kier molecular flexibility index (Phi) is 5.64. The van der Waals surface area contributed by atoms with Gasteiger partial charge in [0.1, 0.15) is 0 Å². The van der Waals surface area contributed by atoms with Crippen LogP contribution in [0.1, 0.15) is 28.9 Å². The zero-order chi connectivity index (χ0) is 22.9. The van der Waals surface area contributed by atoms with Crippen molar-refractivity contribution in [3.8, 4) is 11.3 Å². The van der Waals surface area contributed by atoms with Gasteiger partial charge in [0, 0.05) is 52.5 Å². The number of hydrogen-bond donors (Lipinski definition) is 3. The Balaban J connectivity index is 1.30. The summed E-state index contributed by atoms with van der Waals surface area (Å²) in [7, 11) is 0. The summed E-state index contributed by atoms with van der Waals surface area (Å²) in [5, 5.41) is 5.03. The molecule has 0 spiro atoms.